The Labute approximate surface area is 74.9 Å². The summed E-state index contributed by atoms with van der Waals surface area (Å²) in [5.74, 6) is 0. The van der Waals surface area contributed by atoms with E-state index in [2.05, 4.69) is 24.5 Å². The lowest BCUT2D eigenvalue weighted by molar-refractivity contribution is 0.172. The number of hydrogen-bond donors (Lipinski definition) is 2. The monoisotopic (exact) mass is 172 g/mol. The molecule has 0 aromatic rings. The summed E-state index contributed by atoms with van der Waals surface area (Å²) in [5, 5.41) is 6.79. The van der Waals surface area contributed by atoms with Gasteiger partial charge in [-0.3, -0.25) is 0 Å². The molecule has 1 aliphatic rings. The van der Waals surface area contributed by atoms with Crippen LogP contribution in [0.15, 0.2) is 0 Å². The number of likely N-dealkylation sites (N-methyl/N-ethyl adjacent to an activating group) is 1. The highest BCUT2D eigenvalue weighted by molar-refractivity contribution is 4.86. The van der Waals surface area contributed by atoms with E-state index in [4.69, 9.17) is 4.74 Å². The van der Waals surface area contributed by atoms with Crippen LogP contribution in [0.3, 0.4) is 0 Å². The van der Waals surface area contributed by atoms with E-state index in [1.807, 2.05) is 0 Å². The predicted molar refractivity (Wildman–Crippen MR) is 50.4 cm³/mol. The second-order valence-corrected chi connectivity index (χ2v) is 3.64. The van der Waals surface area contributed by atoms with E-state index >= 15 is 0 Å². The normalized spacial score (nSPS) is 29.5. The Balaban J connectivity index is 2.05. The van der Waals surface area contributed by atoms with Crippen molar-refractivity contribution in [2.45, 2.75) is 25.8 Å². The molecule has 1 saturated heterocycles. The minimum Gasteiger partial charge on any atom is -0.379 e. The van der Waals surface area contributed by atoms with Crippen molar-refractivity contribution in [2.24, 2.45) is 0 Å². The first-order valence-electron chi connectivity index (χ1n) is 4.80. The summed E-state index contributed by atoms with van der Waals surface area (Å²) in [6.45, 7) is 9.25. The molecule has 0 aromatic carbocycles. The van der Waals surface area contributed by atoms with Gasteiger partial charge in [-0.05, 0) is 19.9 Å². The summed E-state index contributed by atoms with van der Waals surface area (Å²) in [5.41, 5.74) is 0.232. The lowest BCUT2D eigenvalue weighted by Gasteiger charge is -2.23. The molecule has 1 aliphatic heterocycles. The van der Waals surface area contributed by atoms with Crippen LogP contribution in [0.1, 0.15) is 20.3 Å². The van der Waals surface area contributed by atoms with Gasteiger partial charge in [0, 0.05) is 25.2 Å². The lowest BCUT2D eigenvalue weighted by Crippen LogP contribution is -2.45. The molecule has 0 spiro atoms. The summed E-state index contributed by atoms with van der Waals surface area (Å²) in [6, 6.07) is 0. The number of hydrogen-bond acceptors (Lipinski definition) is 3. The van der Waals surface area contributed by atoms with Crippen LogP contribution in [0, 0.1) is 0 Å². The molecule has 0 saturated carbocycles. The van der Waals surface area contributed by atoms with Crippen LogP contribution in [0.4, 0.5) is 0 Å². The van der Waals surface area contributed by atoms with E-state index in [9.17, 15) is 0 Å². The smallest absolute Gasteiger partial charge is 0.0646 e. The van der Waals surface area contributed by atoms with Crippen molar-refractivity contribution in [1.29, 1.82) is 0 Å². The van der Waals surface area contributed by atoms with E-state index in [0.29, 0.717) is 0 Å². The number of rotatable bonds is 5. The molecule has 1 atom stereocenters. The average molecular weight is 172 g/mol. The zero-order chi connectivity index (χ0) is 8.86. The van der Waals surface area contributed by atoms with Gasteiger partial charge in [0.2, 0.25) is 0 Å². The Morgan fingerprint density at radius 2 is 2.25 bits per heavy atom. The van der Waals surface area contributed by atoms with E-state index in [1.54, 1.807) is 0 Å². The Morgan fingerprint density at radius 3 is 2.83 bits per heavy atom. The van der Waals surface area contributed by atoms with Crippen LogP contribution in [0.2, 0.25) is 0 Å². The second-order valence-electron chi connectivity index (χ2n) is 3.64. The molecule has 0 aromatic heterocycles. The summed E-state index contributed by atoms with van der Waals surface area (Å²) in [6.07, 6.45) is 1.14. The van der Waals surface area contributed by atoms with Gasteiger partial charge in [-0.15, -0.1) is 0 Å². The third-order valence-electron chi connectivity index (χ3n) is 2.32. The molecule has 0 radical (unpaired) electrons. The molecule has 0 aliphatic carbocycles. The Morgan fingerprint density at radius 1 is 1.42 bits per heavy atom. The van der Waals surface area contributed by atoms with Crippen LogP contribution < -0.4 is 10.6 Å². The largest absolute Gasteiger partial charge is 0.379 e. The quantitative estimate of drug-likeness (QED) is 0.588. The molecule has 72 valence electrons. The molecule has 1 rings (SSSR count). The van der Waals surface area contributed by atoms with Gasteiger partial charge in [0.05, 0.1) is 6.61 Å². The first kappa shape index (κ1) is 9.96. The third-order valence-corrected chi connectivity index (χ3v) is 2.32. The molecule has 1 fully saturated rings. The summed E-state index contributed by atoms with van der Waals surface area (Å²) >= 11 is 0. The van der Waals surface area contributed by atoms with E-state index in [0.717, 1.165) is 39.3 Å². The summed E-state index contributed by atoms with van der Waals surface area (Å²) in [4.78, 5) is 0. The third kappa shape index (κ3) is 3.09. The first-order chi connectivity index (χ1) is 5.77. The van der Waals surface area contributed by atoms with Crippen molar-refractivity contribution in [3.63, 3.8) is 0 Å². The van der Waals surface area contributed by atoms with E-state index in [1.165, 1.54) is 0 Å². The van der Waals surface area contributed by atoms with Crippen molar-refractivity contribution >= 4 is 0 Å². The summed E-state index contributed by atoms with van der Waals surface area (Å²) in [7, 11) is 0. The Bertz CT molecular complexity index is 122. The molecule has 1 unspecified atom stereocenters. The van der Waals surface area contributed by atoms with Gasteiger partial charge in [0.1, 0.15) is 0 Å². The topological polar surface area (TPSA) is 33.3 Å². The fourth-order valence-electron chi connectivity index (χ4n) is 1.44. The average Bonchev–Trinajstić information content (AvgIpc) is 2.47. The maximum Gasteiger partial charge on any atom is 0.0646 e. The van der Waals surface area contributed by atoms with Crippen molar-refractivity contribution in [2.75, 3.05) is 32.8 Å². The number of nitrogens with one attached hydrogen (secondary N) is 2. The van der Waals surface area contributed by atoms with Gasteiger partial charge in [-0.25, -0.2) is 0 Å². The lowest BCUT2D eigenvalue weighted by atomic mass is 10.0. The van der Waals surface area contributed by atoms with Crippen molar-refractivity contribution in [3.8, 4) is 0 Å². The van der Waals surface area contributed by atoms with Gasteiger partial charge in [0.15, 0.2) is 0 Å². The highest BCUT2D eigenvalue weighted by Crippen LogP contribution is 2.16. The van der Waals surface area contributed by atoms with Crippen molar-refractivity contribution in [3.05, 3.63) is 0 Å². The fourth-order valence-corrected chi connectivity index (χ4v) is 1.44. The molecule has 1 heterocycles. The summed E-state index contributed by atoms with van der Waals surface area (Å²) < 4.78 is 5.33. The minimum absolute atomic E-state index is 0.232. The van der Waals surface area contributed by atoms with E-state index < -0.39 is 0 Å². The fraction of sp³-hybridized carbons (Fsp3) is 1.00. The SMILES string of the molecule is CCNCCNC1(C)CCOC1. The van der Waals surface area contributed by atoms with Crippen LogP contribution in [0.5, 0.6) is 0 Å². The zero-order valence-electron chi connectivity index (χ0n) is 8.15. The predicted octanol–water partition coefficient (Wildman–Crippen LogP) is 0.364. The maximum atomic E-state index is 5.33. The van der Waals surface area contributed by atoms with Gasteiger partial charge < -0.3 is 15.4 Å². The van der Waals surface area contributed by atoms with Gasteiger partial charge in [0.25, 0.3) is 0 Å². The molecular weight excluding hydrogens is 152 g/mol. The van der Waals surface area contributed by atoms with Crippen LogP contribution in [-0.2, 0) is 4.74 Å². The Kier molecular flexibility index (Phi) is 3.98. The maximum absolute atomic E-state index is 5.33. The Hall–Kier alpha value is -0.120. The highest BCUT2D eigenvalue weighted by Gasteiger charge is 2.28. The van der Waals surface area contributed by atoms with Crippen molar-refractivity contribution < 1.29 is 4.74 Å². The van der Waals surface area contributed by atoms with Crippen LogP contribution >= 0.6 is 0 Å². The molecule has 0 bridgehead atoms. The minimum atomic E-state index is 0.232. The molecule has 3 nitrogen and oxygen atoms in total. The van der Waals surface area contributed by atoms with Gasteiger partial charge in [-0.2, -0.15) is 0 Å². The zero-order valence-corrected chi connectivity index (χ0v) is 8.15. The van der Waals surface area contributed by atoms with Crippen LogP contribution in [-0.4, -0.2) is 38.4 Å². The molecule has 12 heavy (non-hydrogen) atoms. The van der Waals surface area contributed by atoms with Gasteiger partial charge in [-0.1, -0.05) is 6.92 Å². The molecular formula is C9H20N2O. The van der Waals surface area contributed by atoms with E-state index in [-0.39, 0.29) is 5.54 Å². The van der Waals surface area contributed by atoms with Crippen LogP contribution in [0.25, 0.3) is 0 Å². The number of ether oxygens (including phenoxy) is 1. The molecule has 0 amide bonds. The highest BCUT2D eigenvalue weighted by atomic mass is 16.5. The van der Waals surface area contributed by atoms with Crippen molar-refractivity contribution in [1.82, 2.24) is 10.6 Å². The molecule has 3 heteroatoms. The van der Waals surface area contributed by atoms with Gasteiger partial charge >= 0.3 is 0 Å². The second kappa shape index (κ2) is 4.80. The first-order valence-corrected chi connectivity index (χ1v) is 4.80. The standard InChI is InChI=1S/C9H20N2O/c1-3-10-5-6-11-9(2)4-7-12-8-9/h10-11H,3-8H2,1-2H3. The molecule has 2 N–H and O–H groups in total.